The fourth-order valence-electron chi connectivity index (χ4n) is 2.71. The summed E-state index contributed by atoms with van der Waals surface area (Å²) in [4.78, 5) is 16.1. The van der Waals surface area contributed by atoms with E-state index in [-0.39, 0.29) is 18.3 Å². The molecule has 0 bridgehead atoms. The monoisotopic (exact) mass is 297 g/mol. The van der Waals surface area contributed by atoms with Gasteiger partial charge in [0.05, 0.1) is 6.04 Å². The fraction of sp³-hybridized carbons (Fsp3) is 0.600. The summed E-state index contributed by atoms with van der Waals surface area (Å²) in [5, 5.41) is 2.80. The number of nitrogens with two attached hydrogens (primary N) is 1. The molecule has 0 aliphatic heterocycles. The smallest absolute Gasteiger partial charge is 0.242 e. The number of aromatic nitrogens is 1. The van der Waals surface area contributed by atoms with E-state index in [4.69, 9.17) is 5.73 Å². The third kappa shape index (κ3) is 5.10. The predicted molar refractivity (Wildman–Crippen MR) is 84.0 cm³/mol. The van der Waals surface area contributed by atoms with E-state index in [1.54, 1.807) is 6.20 Å². The first-order chi connectivity index (χ1) is 9.15. The van der Waals surface area contributed by atoms with Gasteiger partial charge in [-0.2, -0.15) is 0 Å². The van der Waals surface area contributed by atoms with Crippen LogP contribution in [0.5, 0.6) is 0 Å². The van der Waals surface area contributed by atoms with Gasteiger partial charge in [0.1, 0.15) is 5.82 Å². The lowest BCUT2D eigenvalue weighted by atomic mass is 9.85. The van der Waals surface area contributed by atoms with Crippen LogP contribution in [0.2, 0.25) is 0 Å². The van der Waals surface area contributed by atoms with Crippen molar-refractivity contribution < 1.29 is 4.79 Å². The van der Waals surface area contributed by atoms with Crippen molar-refractivity contribution in [3.05, 3.63) is 23.9 Å². The SMILES string of the molecule is Cc1ccnc(NC(=O)C(N)CC2CCCCC2)c1.Cl. The molecule has 2 rings (SSSR count). The van der Waals surface area contributed by atoms with Crippen LogP contribution < -0.4 is 11.1 Å². The minimum Gasteiger partial charge on any atom is -0.320 e. The summed E-state index contributed by atoms with van der Waals surface area (Å²) in [5.41, 5.74) is 7.07. The normalized spacial score (nSPS) is 17.1. The van der Waals surface area contributed by atoms with Crippen LogP contribution in [0.15, 0.2) is 18.3 Å². The van der Waals surface area contributed by atoms with Crippen molar-refractivity contribution in [3.8, 4) is 0 Å². The molecule has 1 saturated carbocycles. The Morgan fingerprint density at radius 2 is 2.15 bits per heavy atom. The summed E-state index contributed by atoms with van der Waals surface area (Å²) in [5.74, 6) is 1.08. The first kappa shape index (κ1) is 16.9. The second kappa shape index (κ2) is 8.22. The van der Waals surface area contributed by atoms with Crippen molar-refractivity contribution in [2.24, 2.45) is 11.7 Å². The maximum atomic E-state index is 12.0. The zero-order valence-corrected chi connectivity index (χ0v) is 12.8. The van der Waals surface area contributed by atoms with E-state index >= 15 is 0 Å². The van der Waals surface area contributed by atoms with Crippen LogP contribution in [-0.4, -0.2) is 16.9 Å². The van der Waals surface area contributed by atoms with Crippen molar-refractivity contribution in [3.63, 3.8) is 0 Å². The Morgan fingerprint density at radius 1 is 1.45 bits per heavy atom. The molecule has 1 amide bonds. The van der Waals surface area contributed by atoms with Gasteiger partial charge in [-0.3, -0.25) is 4.79 Å². The Balaban J connectivity index is 0.00000200. The zero-order valence-electron chi connectivity index (χ0n) is 12.0. The van der Waals surface area contributed by atoms with Crippen LogP contribution in [0, 0.1) is 12.8 Å². The standard InChI is InChI=1S/C15H23N3O.ClH/c1-11-7-8-17-14(9-11)18-15(19)13(16)10-12-5-3-2-4-6-12;/h7-9,12-13H,2-6,10,16H2,1H3,(H,17,18,19);1H. The lowest BCUT2D eigenvalue weighted by Crippen LogP contribution is -2.37. The van der Waals surface area contributed by atoms with Gasteiger partial charge in [-0.25, -0.2) is 4.98 Å². The molecule has 20 heavy (non-hydrogen) atoms. The molecular formula is C15H24ClN3O. The van der Waals surface area contributed by atoms with Crippen LogP contribution in [0.1, 0.15) is 44.1 Å². The highest BCUT2D eigenvalue weighted by molar-refractivity contribution is 5.93. The highest BCUT2D eigenvalue weighted by atomic mass is 35.5. The predicted octanol–water partition coefficient (Wildman–Crippen LogP) is 3.05. The number of hydrogen-bond acceptors (Lipinski definition) is 3. The van der Waals surface area contributed by atoms with Crippen LogP contribution in [-0.2, 0) is 4.79 Å². The number of hydrogen-bond donors (Lipinski definition) is 2. The molecule has 0 radical (unpaired) electrons. The molecule has 1 unspecified atom stereocenters. The van der Waals surface area contributed by atoms with Gasteiger partial charge < -0.3 is 11.1 Å². The summed E-state index contributed by atoms with van der Waals surface area (Å²) < 4.78 is 0. The van der Waals surface area contributed by atoms with E-state index < -0.39 is 6.04 Å². The van der Waals surface area contributed by atoms with Crippen molar-refractivity contribution in [1.82, 2.24) is 4.98 Å². The van der Waals surface area contributed by atoms with E-state index in [1.807, 2.05) is 19.1 Å². The number of halogens is 1. The second-order valence-electron chi connectivity index (χ2n) is 5.55. The third-order valence-electron chi connectivity index (χ3n) is 3.82. The Kier molecular flexibility index (Phi) is 6.96. The fourth-order valence-corrected chi connectivity index (χ4v) is 2.71. The Morgan fingerprint density at radius 3 is 2.80 bits per heavy atom. The van der Waals surface area contributed by atoms with Crippen LogP contribution >= 0.6 is 12.4 Å². The molecule has 1 aliphatic carbocycles. The van der Waals surface area contributed by atoms with Gasteiger partial charge in [-0.15, -0.1) is 12.4 Å². The van der Waals surface area contributed by atoms with Crippen LogP contribution in [0.25, 0.3) is 0 Å². The number of nitrogens with zero attached hydrogens (tertiary/aromatic N) is 1. The van der Waals surface area contributed by atoms with E-state index in [0.717, 1.165) is 12.0 Å². The second-order valence-corrected chi connectivity index (χ2v) is 5.55. The number of nitrogens with one attached hydrogen (secondary N) is 1. The van der Waals surface area contributed by atoms with Crippen molar-refractivity contribution in [2.75, 3.05) is 5.32 Å². The molecule has 0 spiro atoms. The number of amides is 1. The summed E-state index contributed by atoms with van der Waals surface area (Å²) in [6.45, 7) is 1.97. The quantitative estimate of drug-likeness (QED) is 0.897. The maximum absolute atomic E-state index is 12.0. The Bertz CT molecular complexity index is 433. The third-order valence-corrected chi connectivity index (χ3v) is 3.82. The highest BCUT2D eigenvalue weighted by Gasteiger charge is 2.21. The molecule has 0 saturated heterocycles. The van der Waals surface area contributed by atoms with Crippen molar-refractivity contribution in [2.45, 2.75) is 51.5 Å². The van der Waals surface area contributed by atoms with Gasteiger partial charge in [0.15, 0.2) is 0 Å². The molecule has 112 valence electrons. The average Bonchev–Trinajstić information content (AvgIpc) is 2.40. The average molecular weight is 298 g/mol. The van der Waals surface area contributed by atoms with Crippen molar-refractivity contribution in [1.29, 1.82) is 0 Å². The molecule has 0 aromatic carbocycles. The lowest BCUT2D eigenvalue weighted by molar-refractivity contribution is -0.117. The van der Waals surface area contributed by atoms with E-state index in [9.17, 15) is 4.79 Å². The van der Waals surface area contributed by atoms with Crippen LogP contribution in [0.4, 0.5) is 5.82 Å². The topological polar surface area (TPSA) is 68.0 Å². The summed E-state index contributed by atoms with van der Waals surface area (Å²) in [6, 6.07) is 3.33. The van der Waals surface area contributed by atoms with Crippen LogP contribution in [0.3, 0.4) is 0 Å². The van der Waals surface area contributed by atoms with E-state index in [2.05, 4.69) is 10.3 Å². The number of carbonyl (C=O) groups excluding carboxylic acids is 1. The Hall–Kier alpha value is -1.13. The summed E-state index contributed by atoms with van der Waals surface area (Å²) >= 11 is 0. The number of pyridine rings is 1. The molecular weight excluding hydrogens is 274 g/mol. The maximum Gasteiger partial charge on any atom is 0.242 e. The minimum absolute atomic E-state index is 0. The molecule has 1 fully saturated rings. The minimum atomic E-state index is -0.426. The summed E-state index contributed by atoms with van der Waals surface area (Å²) in [7, 11) is 0. The molecule has 4 nitrogen and oxygen atoms in total. The first-order valence-corrected chi connectivity index (χ1v) is 7.14. The van der Waals surface area contributed by atoms with Gasteiger partial charge in [0, 0.05) is 6.20 Å². The zero-order chi connectivity index (χ0) is 13.7. The summed E-state index contributed by atoms with van der Waals surface area (Å²) in [6.07, 6.45) is 8.78. The number of carbonyl (C=O) groups is 1. The number of rotatable bonds is 4. The Labute approximate surface area is 126 Å². The van der Waals surface area contributed by atoms with E-state index in [0.29, 0.717) is 11.7 Å². The lowest BCUT2D eigenvalue weighted by Gasteiger charge is -2.24. The first-order valence-electron chi connectivity index (χ1n) is 7.14. The van der Waals surface area contributed by atoms with Gasteiger partial charge >= 0.3 is 0 Å². The molecule has 3 N–H and O–H groups in total. The number of aryl methyl sites for hydroxylation is 1. The molecule has 5 heteroatoms. The largest absolute Gasteiger partial charge is 0.320 e. The van der Waals surface area contributed by atoms with Gasteiger partial charge in [0.2, 0.25) is 5.91 Å². The number of anilines is 1. The highest BCUT2D eigenvalue weighted by Crippen LogP contribution is 2.27. The molecule has 1 aromatic rings. The van der Waals surface area contributed by atoms with Gasteiger partial charge in [0.25, 0.3) is 0 Å². The van der Waals surface area contributed by atoms with Crippen molar-refractivity contribution >= 4 is 24.1 Å². The molecule has 1 aromatic heterocycles. The molecule has 1 atom stereocenters. The van der Waals surface area contributed by atoms with Gasteiger partial charge in [-0.05, 0) is 37.0 Å². The molecule has 1 aliphatic rings. The van der Waals surface area contributed by atoms with Gasteiger partial charge in [-0.1, -0.05) is 32.1 Å². The molecule has 1 heterocycles. The van der Waals surface area contributed by atoms with E-state index in [1.165, 1.54) is 32.1 Å².